The number of nitriles is 1. The highest BCUT2D eigenvalue weighted by molar-refractivity contribution is 7.89. The number of rotatable bonds is 6. The van der Waals surface area contributed by atoms with Gasteiger partial charge in [0, 0.05) is 24.4 Å². The van der Waals surface area contributed by atoms with Gasteiger partial charge in [0.05, 0.1) is 22.6 Å². The van der Waals surface area contributed by atoms with Crippen LogP contribution in [0.3, 0.4) is 0 Å². The largest absolute Gasteiger partial charge is 0.377 e. The molecule has 1 aliphatic heterocycles. The number of carbonyl (C=O) groups is 1. The van der Waals surface area contributed by atoms with Crippen LogP contribution in [0.4, 0.5) is 5.69 Å². The minimum atomic E-state index is -3.73. The third kappa shape index (κ3) is 4.92. The van der Waals surface area contributed by atoms with Crippen LogP contribution in [0, 0.1) is 11.3 Å². The van der Waals surface area contributed by atoms with Crippen LogP contribution in [0.1, 0.15) is 28.8 Å². The number of anilines is 1. The monoisotopic (exact) mass is 385 g/mol. The predicted molar refractivity (Wildman–Crippen MR) is 99.7 cm³/mol. The Bertz CT molecular complexity index is 959. The van der Waals surface area contributed by atoms with Crippen molar-refractivity contribution in [1.29, 1.82) is 5.26 Å². The Morgan fingerprint density at radius 2 is 2.00 bits per heavy atom. The van der Waals surface area contributed by atoms with Crippen molar-refractivity contribution in [3.05, 3.63) is 59.7 Å². The molecule has 0 aromatic heterocycles. The van der Waals surface area contributed by atoms with Crippen molar-refractivity contribution >= 4 is 21.6 Å². The Kier molecular flexibility index (Phi) is 5.86. The molecule has 7 nitrogen and oxygen atoms in total. The first-order valence-electron chi connectivity index (χ1n) is 8.51. The maximum Gasteiger partial charge on any atom is 0.255 e. The van der Waals surface area contributed by atoms with Crippen LogP contribution in [-0.2, 0) is 14.8 Å². The molecule has 2 N–H and O–H groups in total. The lowest BCUT2D eigenvalue weighted by molar-refractivity contribution is 0.102. The standard InChI is InChI=1S/C19H19N3O4S/c20-12-14-6-8-16(9-7-14)22-19(23)15-3-1-5-18(11-15)27(24,25)21-13-17-4-2-10-26-17/h1,3,5-9,11,17,21H,2,4,10,13H2,(H,22,23). The topological polar surface area (TPSA) is 108 Å². The Hall–Kier alpha value is -2.73. The van der Waals surface area contributed by atoms with E-state index in [1.807, 2.05) is 6.07 Å². The Morgan fingerprint density at radius 1 is 1.22 bits per heavy atom. The van der Waals surface area contributed by atoms with Gasteiger partial charge in [0.1, 0.15) is 0 Å². The van der Waals surface area contributed by atoms with E-state index in [2.05, 4.69) is 10.0 Å². The second-order valence-electron chi connectivity index (χ2n) is 6.16. The predicted octanol–water partition coefficient (Wildman–Crippen LogP) is 2.27. The van der Waals surface area contributed by atoms with Crippen molar-refractivity contribution in [1.82, 2.24) is 4.72 Å². The molecule has 0 radical (unpaired) electrons. The third-order valence-corrected chi connectivity index (χ3v) is 5.62. The lowest BCUT2D eigenvalue weighted by Gasteiger charge is -2.12. The van der Waals surface area contributed by atoms with Crippen LogP contribution in [0.15, 0.2) is 53.4 Å². The molecule has 8 heteroatoms. The molecule has 1 atom stereocenters. The highest BCUT2D eigenvalue weighted by Crippen LogP contribution is 2.16. The minimum Gasteiger partial charge on any atom is -0.377 e. The van der Waals surface area contributed by atoms with Gasteiger partial charge in [-0.15, -0.1) is 0 Å². The molecule has 0 bridgehead atoms. The molecule has 140 valence electrons. The maximum absolute atomic E-state index is 12.5. The van der Waals surface area contributed by atoms with E-state index >= 15 is 0 Å². The number of benzene rings is 2. The summed E-state index contributed by atoms with van der Waals surface area (Å²) in [5, 5.41) is 11.5. The fourth-order valence-electron chi connectivity index (χ4n) is 2.73. The number of amides is 1. The van der Waals surface area contributed by atoms with E-state index in [4.69, 9.17) is 10.00 Å². The summed E-state index contributed by atoms with van der Waals surface area (Å²) < 4.78 is 32.9. The molecule has 27 heavy (non-hydrogen) atoms. The fraction of sp³-hybridized carbons (Fsp3) is 0.263. The van der Waals surface area contributed by atoms with Gasteiger partial charge in [-0.2, -0.15) is 5.26 Å². The number of hydrogen-bond donors (Lipinski definition) is 2. The molecule has 1 aliphatic rings. The maximum atomic E-state index is 12.5. The van der Waals surface area contributed by atoms with E-state index in [9.17, 15) is 13.2 Å². The van der Waals surface area contributed by atoms with E-state index in [-0.39, 0.29) is 23.1 Å². The molecule has 3 rings (SSSR count). The molecule has 0 aliphatic carbocycles. The number of hydrogen-bond acceptors (Lipinski definition) is 5. The molecule has 0 spiro atoms. The fourth-order valence-corrected chi connectivity index (χ4v) is 3.84. The smallest absolute Gasteiger partial charge is 0.255 e. The van der Waals surface area contributed by atoms with Crippen molar-refractivity contribution in [3.8, 4) is 6.07 Å². The van der Waals surface area contributed by atoms with Gasteiger partial charge < -0.3 is 10.1 Å². The quantitative estimate of drug-likeness (QED) is 0.793. The first-order valence-corrected chi connectivity index (χ1v) is 9.99. The average molecular weight is 385 g/mol. The van der Waals surface area contributed by atoms with Gasteiger partial charge in [0.2, 0.25) is 10.0 Å². The molecular weight excluding hydrogens is 366 g/mol. The van der Waals surface area contributed by atoms with E-state index in [1.54, 1.807) is 24.3 Å². The van der Waals surface area contributed by atoms with E-state index < -0.39 is 15.9 Å². The van der Waals surface area contributed by atoms with Gasteiger partial charge >= 0.3 is 0 Å². The Morgan fingerprint density at radius 3 is 2.67 bits per heavy atom. The second-order valence-corrected chi connectivity index (χ2v) is 7.92. The molecule has 1 saturated heterocycles. The van der Waals surface area contributed by atoms with Crippen molar-refractivity contribution in [3.63, 3.8) is 0 Å². The van der Waals surface area contributed by atoms with Crippen LogP contribution in [-0.4, -0.2) is 33.6 Å². The normalized spacial score (nSPS) is 16.6. The highest BCUT2D eigenvalue weighted by Gasteiger charge is 2.21. The van der Waals surface area contributed by atoms with Crippen molar-refractivity contribution in [2.45, 2.75) is 23.8 Å². The molecular formula is C19H19N3O4S. The van der Waals surface area contributed by atoms with Gasteiger partial charge in [-0.3, -0.25) is 4.79 Å². The first-order chi connectivity index (χ1) is 13.0. The van der Waals surface area contributed by atoms with Crippen LogP contribution >= 0.6 is 0 Å². The lowest BCUT2D eigenvalue weighted by Crippen LogP contribution is -2.32. The highest BCUT2D eigenvalue weighted by atomic mass is 32.2. The zero-order valence-corrected chi connectivity index (χ0v) is 15.3. The molecule has 1 unspecified atom stereocenters. The Balaban J connectivity index is 1.69. The summed E-state index contributed by atoms with van der Waals surface area (Å²) in [5.74, 6) is -0.434. The van der Waals surface area contributed by atoms with E-state index in [1.165, 1.54) is 24.3 Å². The number of ether oxygens (including phenoxy) is 1. The van der Waals surface area contributed by atoms with Crippen LogP contribution in [0.5, 0.6) is 0 Å². The number of carbonyl (C=O) groups excluding carboxylic acids is 1. The van der Waals surface area contributed by atoms with Gasteiger partial charge in [-0.05, 0) is 55.3 Å². The number of nitrogens with one attached hydrogen (secondary N) is 2. The van der Waals surface area contributed by atoms with Crippen molar-refractivity contribution in [2.24, 2.45) is 0 Å². The van der Waals surface area contributed by atoms with Crippen LogP contribution in [0.25, 0.3) is 0 Å². The number of sulfonamides is 1. The van der Waals surface area contributed by atoms with E-state index in [0.717, 1.165) is 12.8 Å². The summed E-state index contributed by atoms with van der Waals surface area (Å²) in [6.45, 7) is 0.862. The molecule has 2 aromatic rings. The van der Waals surface area contributed by atoms with Gasteiger partial charge in [0.15, 0.2) is 0 Å². The summed E-state index contributed by atoms with van der Waals surface area (Å²) in [4.78, 5) is 12.4. The molecule has 1 amide bonds. The van der Waals surface area contributed by atoms with Gasteiger partial charge in [-0.1, -0.05) is 6.07 Å². The lowest BCUT2D eigenvalue weighted by atomic mass is 10.2. The van der Waals surface area contributed by atoms with Gasteiger partial charge in [-0.25, -0.2) is 13.1 Å². The summed E-state index contributed by atoms with van der Waals surface area (Å²) in [6, 6.07) is 14.2. The zero-order valence-electron chi connectivity index (χ0n) is 14.5. The summed E-state index contributed by atoms with van der Waals surface area (Å²) in [5.41, 5.74) is 1.22. The van der Waals surface area contributed by atoms with Crippen LogP contribution in [0.2, 0.25) is 0 Å². The SMILES string of the molecule is N#Cc1ccc(NC(=O)c2cccc(S(=O)(=O)NCC3CCCO3)c2)cc1. The Labute approximate surface area is 158 Å². The number of nitrogens with zero attached hydrogens (tertiary/aromatic N) is 1. The molecule has 1 heterocycles. The minimum absolute atomic E-state index is 0.0213. The van der Waals surface area contributed by atoms with E-state index in [0.29, 0.717) is 17.9 Å². The molecule has 2 aromatic carbocycles. The molecule has 1 fully saturated rings. The summed E-state index contributed by atoms with van der Waals surface area (Å²) in [7, 11) is -3.73. The van der Waals surface area contributed by atoms with Gasteiger partial charge in [0.25, 0.3) is 5.91 Å². The zero-order chi connectivity index (χ0) is 19.3. The average Bonchev–Trinajstić information content (AvgIpc) is 3.21. The van der Waals surface area contributed by atoms with Crippen LogP contribution < -0.4 is 10.0 Å². The second kappa shape index (κ2) is 8.31. The molecule has 0 saturated carbocycles. The first kappa shape index (κ1) is 19.0. The third-order valence-electron chi connectivity index (χ3n) is 4.20. The van der Waals surface area contributed by atoms with Crippen molar-refractivity contribution in [2.75, 3.05) is 18.5 Å². The summed E-state index contributed by atoms with van der Waals surface area (Å²) >= 11 is 0. The summed E-state index contributed by atoms with van der Waals surface area (Å²) in [6.07, 6.45) is 1.65. The van der Waals surface area contributed by atoms with Crippen molar-refractivity contribution < 1.29 is 17.9 Å².